The molecule has 2 aromatic heterocycles. The maximum Gasteiger partial charge on any atom is 0.225 e. The number of hydrogen-bond acceptors (Lipinski definition) is 5. The fourth-order valence-electron chi connectivity index (χ4n) is 3.80. The lowest BCUT2D eigenvalue weighted by atomic mass is 10.1. The summed E-state index contributed by atoms with van der Waals surface area (Å²) in [4.78, 5) is 25.6. The van der Waals surface area contributed by atoms with Gasteiger partial charge in [-0.15, -0.1) is 11.3 Å². The SMILES string of the molecule is O=C1CC(Nc2ncnc3sc4c(c23)CCC4)CN1C1CC1. The second-order valence-electron chi connectivity index (χ2n) is 6.58. The van der Waals surface area contributed by atoms with Crippen LogP contribution in [0.25, 0.3) is 10.2 Å². The third-order valence-electron chi connectivity index (χ3n) is 4.99. The first-order chi connectivity index (χ1) is 10.8. The number of aryl methyl sites for hydroxylation is 2. The molecule has 0 bridgehead atoms. The zero-order valence-corrected chi connectivity index (χ0v) is 13.2. The highest BCUT2D eigenvalue weighted by atomic mass is 32.1. The number of amides is 1. The quantitative estimate of drug-likeness (QED) is 0.945. The lowest BCUT2D eigenvalue weighted by Gasteiger charge is -2.17. The van der Waals surface area contributed by atoms with Crippen LogP contribution in [0.2, 0.25) is 0 Å². The van der Waals surface area contributed by atoms with Crippen molar-refractivity contribution in [2.45, 2.75) is 50.6 Å². The van der Waals surface area contributed by atoms with E-state index in [1.165, 1.54) is 41.5 Å². The maximum absolute atomic E-state index is 12.1. The molecule has 0 spiro atoms. The highest BCUT2D eigenvalue weighted by molar-refractivity contribution is 7.19. The van der Waals surface area contributed by atoms with Gasteiger partial charge in [-0.1, -0.05) is 0 Å². The number of nitrogens with zero attached hydrogens (tertiary/aromatic N) is 3. The van der Waals surface area contributed by atoms with Crippen molar-refractivity contribution >= 4 is 33.3 Å². The van der Waals surface area contributed by atoms with Crippen LogP contribution < -0.4 is 5.32 Å². The molecular formula is C16H18N4OS. The van der Waals surface area contributed by atoms with Gasteiger partial charge in [0.05, 0.1) is 11.4 Å². The molecular weight excluding hydrogens is 296 g/mol. The molecule has 1 aliphatic heterocycles. The summed E-state index contributed by atoms with van der Waals surface area (Å²) in [6.45, 7) is 0.821. The van der Waals surface area contributed by atoms with E-state index in [0.717, 1.165) is 23.6 Å². The third kappa shape index (κ3) is 1.93. The molecule has 1 amide bonds. The normalized spacial score (nSPS) is 24.3. The molecule has 2 fully saturated rings. The number of fused-ring (bicyclic) bond motifs is 3. The van der Waals surface area contributed by atoms with E-state index >= 15 is 0 Å². The van der Waals surface area contributed by atoms with Crippen LogP contribution in [0.1, 0.15) is 36.1 Å². The largest absolute Gasteiger partial charge is 0.364 e. The Kier molecular flexibility index (Phi) is 2.71. The summed E-state index contributed by atoms with van der Waals surface area (Å²) in [6, 6.07) is 0.693. The minimum absolute atomic E-state index is 0.183. The van der Waals surface area contributed by atoms with Crippen molar-refractivity contribution in [3.8, 4) is 0 Å². The topological polar surface area (TPSA) is 58.1 Å². The van der Waals surface area contributed by atoms with Crippen molar-refractivity contribution in [2.75, 3.05) is 11.9 Å². The van der Waals surface area contributed by atoms with E-state index in [-0.39, 0.29) is 6.04 Å². The number of hydrogen-bond donors (Lipinski definition) is 1. The number of carbonyl (C=O) groups is 1. The van der Waals surface area contributed by atoms with Crippen molar-refractivity contribution in [2.24, 2.45) is 0 Å². The van der Waals surface area contributed by atoms with E-state index in [1.807, 2.05) is 4.90 Å². The molecule has 1 saturated carbocycles. The number of aromatic nitrogens is 2. The molecule has 22 heavy (non-hydrogen) atoms. The summed E-state index contributed by atoms with van der Waals surface area (Å²) >= 11 is 1.81. The second-order valence-corrected chi connectivity index (χ2v) is 7.67. The van der Waals surface area contributed by atoms with E-state index in [1.54, 1.807) is 17.7 Å². The van der Waals surface area contributed by atoms with Crippen molar-refractivity contribution in [1.82, 2.24) is 14.9 Å². The molecule has 3 aliphatic rings. The van der Waals surface area contributed by atoms with Crippen LogP contribution in [0.3, 0.4) is 0 Å². The van der Waals surface area contributed by atoms with E-state index < -0.39 is 0 Å². The molecule has 1 N–H and O–H groups in total. The highest BCUT2D eigenvalue weighted by Crippen LogP contribution is 2.39. The molecule has 2 aliphatic carbocycles. The lowest BCUT2D eigenvalue weighted by Crippen LogP contribution is -2.30. The van der Waals surface area contributed by atoms with E-state index in [0.29, 0.717) is 18.4 Å². The van der Waals surface area contributed by atoms with Gasteiger partial charge in [0.2, 0.25) is 5.91 Å². The zero-order chi connectivity index (χ0) is 14.7. The van der Waals surface area contributed by atoms with E-state index in [9.17, 15) is 4.79 Å². The molecule has 6 heteroatoms. The number of rotatable bonds is 3. The Morgan fingerprint density at radius 3 is 3.05 bits per heavy atom. The molecule has 1 unspecified atom stereocenters. The first-order valence-electron chi connectivity index (χ1n) is 8.11. The minimum atomic E-state index is 0.183. The molecule has 2 aromatic rings. The number of likely N-dealkylation sites (tertiary alicyclic amines) is 1. The fraction of sp³-hybridized carbons (Fsp3) is 0.562. The molecule has 0 radical (unpaired) electrons. The Hall–Kier alpha value is -1.69. The number of thiophene rings is 1. The average Bonchev–Trinajstić information content (AvgIpc) is 2.96. The summed E-state index contributed by atoms with van der Waals surface area (Å²) in [5.41, 5.74) is 1.44. The first kappa shape index (κ1) is 12.8. The van der Waals surface area contributed by atoms with Crippen LogP contribution in [0, 0.1) is 0 Å². The summed E-state index contributed by atoms with van der Waals surface area (Å²) in [5.74, 6) is 1.22. The summed E-state index contributed by atoms with van der Waals surface area (Å²) in [7, 11) is 0. The summed E-state index contributed by atoms with van der Waals surface area (Å²) in [5, 5.41) is 4.74. The predicted octanol–water partition coefficient (Wildman–Crippen LogP) is 2.36. The molecule has 0 aromatic carbocycles. The van der Waals surface area contributed by atoms with Crippen molar-refractivity contribution in [3.63, 3.8) is 0 Å². The van der Waals surface area contributed by atoms with Crippen LogP contribution in [0.15, 0.2) is 6.33 Å². The molecule has 1 atom stereocenters. The number of nitrogens with one attached hydrogen (secondary N) is 1. The third-order valence-corrected chi connectivity index (χ3v) is 6.19. The van der Waals surface area contributed by atoms with Gasteiger partial charge < -0.3 is 10.2 Å². The highest BCUT2D eigenvalue weighted by Gasteiger charge is 2.39. The van der Waals surface area contributed by atoms with Gasteiger partial charge in [-0.05, 0) is 37.7 Å². The van der Waals surface area contributed by atoms with Crippen LogP contribution in [-0.2, 0) is 17.6 Å². The van der Waals surface area contributed by atoms with E-state index in [4.69, 9.17) is 0 Å². The molecule has 3 heterocycles. The van der Waals surface area contributed by atoms with Gasteiger partial charge in [0.25, 0.3) is 0 Å². The van der Waals surface area contributed by atoms with Crippen molar-refractivity contribution in [1.29, 1.82) is 0 Å². The second kappa shape index (κ2) is 4.65. The number of anilines is 1. The molecule has 5 rings (SSSR count). The van der Waals surface area contributed by atoms with Crippen LogP contribution >= 0.6 is 11.3 Å². The molecule has 114 valence electrons. The van der Waals surface area contributed by atoms with Gasteiger partial charge in [0.15, 0.2) is 0 Å². The Bertz CT molecular complexity index is 767. The molecule has 5 nitrogen and oxygen atoms in total. The minimum Gasteiger partial charge on any atom is -0.364 e. The Balaban J connectivity index is 1.46. The Morgan fingerprint density at radius 2 is 2.18 bits per heavy atom. The predicted molar refractivity (Wildman–Crippen MR) is 86.2 cm³/mol. The van der Waals surface area contributed by atoms with E-state index in [2.05, 4.69) is 15.3 Å². The van der Waals surface area contributed by atoms with Gasteiger partial charge in [0.1, 0.15) is 17.0 Å². The van der Waals surface area contributed by atoms with Crippen molar-refractivity contribution in [3.05, 3.63) is 16.8 Å². The van der Waals surface area contributed by atoms with Crippen LogP contribution in [-0.4, -0.2) is 39.4 Å². The fourth-order valence-corrected chi connectivity index (χ4v) is 5.03. The average molecular weight is 314 g/mol. The summed E-state index contributed by atoms with van der Waals surface area (Å²) in [6.07, 6.45) is 8.13. The maximum atomic E-state index is 12.1. The monoisotopic (exact) mass is 314 g/mol. The van der Waals surface area contributed by atoms with Crippen molar-refractivity contribution < 1.29 is 4.79 Å². The first-order valence-corrected chi connectivity index (χ1v) is 8.92. The lowest BCUT2D eigenvalue weighted by molar-refractivity contribution is -0.128. The summed E-state index contributed by atoms with van der Waals surface area (Å²) < 4.78 is 0. The van der Waals surface area contributed by atoms with Gasteiger partial charge in [-0.2, -0.15) is 0 Å². The Morgan fingerprint density at radius 1 is 1.27 bits per heavy atom. The Labute approximate surface area is 132 Å². The van der Waals surface area contributed by atoms with Gasteiger partial charge in [-0.25, -0.2) is 9.97 Å². The standard InChI is InChI=1S/C16H18N4OS/c21-13-6-9(7-20(13)10-4-5-10)19-15-14-11-2-1-3-12(11)22-16(14)18-8-17-15/h8-10H,1-7H2,(H,17,18,19). The van der Waals surface area contributed by atoms with Gasteiger partial charge >= 0.3 is 0 Å². The smallest absolute Gasteiger partial charge is 0.225 e. The zero-order valence-electron chi connectivity index (χ0n) is 12.3. The van der Waals surface area contributed by atoms with Gasteiger partial charge in [0, 0.05) is 23.9 Å². The molecule has 1 saturated heterocycles. The van der Waals surface area contributed by atoms with Crippen LogP contribution in [0.5, 0.6) is 0 Å². The van der Waals surface area contributed by atoms with Crippen LogP contribution in [0.4, 0.5) is 5.82 Å². The number of carbonyl (C=O) groups excluding carboxylic acids is 1. The van der Waals surface area contributed by atoms with Gasteiger partial charge in [-0.3, -0.25) is 4.79 Å².